The van der Waals surface area contributed by atoms with Crippen molar-refractivity contribution >= 4 is 5.91 Å². The van der Waals surface area contributed by atoms with E-state index in [0.29, 0.717) is 12.4 Å². The Morgan fingerprint density at radius 2 is 2.36 bits per heavy atom. The van der Waals surface area contributed by atoms with E-state index < -0.39 is 5.56 Å². The fourth-order valence-corrected chi connectivity index (χ4v) is 3.07. The molecule has 0 spiro atoms. The molecule has 3 aromatic rings. The molecule has 0 radical (unpaired) electrons. The molecule has 1 fully saturated rings. The highest BCUT2D eigenvalue weighted by Gasteiger charge is 2.33. The number of hydrogen-bond donors (Lipinski definition) is 1. The highest BCUT2D eigenvalue weighted by atomic mass is 16.3. The fourth-order valence-electron chi connectivity index (χ4n) is 3.07. The lowest BCUT2D eigenvalue weighted by molar-refractivity contribution is 0.0717. The van der Waals surface area contributed by atoms with Gasteiger partial charge in [0.25, 0.3) is 11.5 Å². The van der Waals surface area contributed by atoms with Crippen molar-refractivity contribution in [3.63, 3.8) is 0 Å². The second-order valence-corrected chi connectivity index (χ2v) is 5.84. The Balaban J connectivity index is 1.56. The molecule has 1 N–H and O–H groups in total. The molecule has 1 saturated heterocycles. The van der Waals surface area contributed by atoms with E-state index in [1.807, 2.05) is 6.07 Å². The predicted octanol–water partition coefficient (Wildman–Crippen LogP) is 0.980. The van der Waals surface area contributed by atoms with Crippen molar-refractivity contribution in [2.24, 2.45) is 0 Å². The SMILES string of the molecule is O=C(c1cnc(Cn2cncn2)[nH]c1=O)N1CCC[C@@H]1c1ccco1. The second kappa shape index (κ2) is 6.34. The van der Waals surface area contributed by atoms with Gasteiger partial charge in [-0.25, -0.2) is 14.6 Å². The second-order valence-electron chi connectivity index (χ2n) is 5.84. The van der Waals surface area contributed by atoms with Gasteiger partial charge in [0, 0.05) is 12.7 Å². The highest BCUT2D eigenvalue weighted by molar-refractivity contribution is 5.94. The maximum absolute atomic E-state index is 12.8. The number of nitrogens with one attached hydrogen (secondary N) is 1. The summed E-state index contributed by atoms with van der Waals surface area (Å²) in [6.07, 6.45) is 7.52. The van der Waals surface area contributed by atoms with Gasteiger partial charge in [0.05, 0.1) is 12.3 Å². The number of aromatic nitrogens is 5. The van der Waals surface area contributed by atoms with E-state index in [9.17, 15) is 9.59 Å². The summed E-state index contributed by atoms with van der Waals surface area (Å²) in [4.78, 5) is 37.5. The summed E-state index contributed by atoms with van der Waals surface area (Å²) in [6, 6.07) is 3.50. The van der Waals surface area contributed by atoms with Gasteiger partial charge in [0.2, 0.25) is 0 Å². The summed E-state index contributed by atoms with van der Waals surface area (Å²) < 4.78 is 6.97. The Labute approximate surface area is 142 Å². The summed E-state index contributed by atoms with van der Waals surface area (Å²) in [5, 5.41) is 3.96. The smallest absolute Gasteiger partial charge is 0.263 e. The van der Waals surface area contributed by atoms with Gasteiger partial charge in [-0.15, -0.1) is 0 Å². The molecular formula is C16H16N6O3. The van der Waals surface area contributed by atoms with Crippen LogP contribution in [0.5, 0.6) is 0 Å². The van der Waals surface area contributed by atoms with E-state index in [1.54, 1.807) is 17.2 Å². The maximum Gasteiger partial charge on any atom is 0.263 e. The van der Waals surface area contributed by atoms with Crippen LogP contribution >= 0.6 is 0 Å². The summed E-state index contributed by atoms with van der Waals surface area (Å²) in [6.45, 7) is 0.868. The van der Waals surface area contributed by atoms with Crippen LogP contribution < -0.4 is 5.56 Å². The van der Waals surface area contributed by atoms with Crippen molar-refractivity contribution in [2.75, 3.05) is 6.54 Å². The normalized spacial score (nSPS) is 17.1. The van der Waals surface area contributed by atoms with E-state index in [-0.39, 0.29) is 24.1 Å². The van der Waals surface area contributed by atoms with Crippen LogP contribution in [-0.2, 0) is 6.54 Å². The standard InChI is InChI=1S/C16H16N6O3/c23-15-11(7-18-14(20-15)8-21-10-17-9-19-21)16(24)22-5-1-3-12(22)13-4-2-6-25-13/h2,4,6-7,9-10,12H,1,3,5,8H2,(H,18,20,23)/t12-/m1/s1. The van der Waals surface area contributed by atoms with Gasteiger partial charge in [0.1, 0.15) is 36.3 Å². The minimum atomic E-state index is -0.458. The molecular weight excluding hydrogens is 324 g/mol. The van der Waals surface area contributed by atoms with Gasteiger partial charge in [-0.1, -0.05) is 0 Å². The van der Waals surface area contributed by atoms with Crippen LogP contribution in [0.3, 0.4) is 0 Å². The van der Waals surface area contributed by atoms with Crippen LogP contribution in [0.4, 0.5) is 0 Å². The number of likely N-dealkylation sites (tertiary alicyclic amines) is 1. The first-order chi connectivity index (χ1) is 12.2. The molecule has 4 heterocycles. The van der Waals surface area contributed by atoms with Gasteiger partial charge < -0.3 is 14.3 Å². The molecule has 9 heteroatoms. The molecule has 0 aromatic carbocycles. The zero-order valence-corrected chi connectivity index (χ0v) is 13.3. The fraction of sp³-hybridized carbons (Fsp3) is 0.312. The van der Waals surface area contributed by atoms with Crippen LogP contribution in [-0.4, -0.2) is 42.1 Å². The molecule has 9 nitrogen and oxygen atoms in total. The number of hydrogen-bond acceptors (Lipinski definition) is 6. The third kappa shape index (κ3) is 2.95. The van der Waals surface area contributed by atoms with Gasteiger partial charge >= 0.3 is 0 Å². The molecule has 3 aromatic heterocycles. The molecule has 4 rings (SSSR count). The van der Waals surface area contributed by atoms with E-state index in [0.717, 1.165) is 18.6 Å². The molecule has 0 unspecified atom stereocenters. The number of furan rings is 1. The molecule has 25 heavy (non-hydrogen) atoms. The average Bonchev–Trinajstić information content (AvgIpc) is 3.36. The zero-order chi connectivity index (χ0) is 17.2. The molecule has 1 aliphatic rings. The first kappa shape index (κ1) is 15.3. The quantitative estimate of drug-likeness (QED) is 0.758. The number of H-pyrrole nitrogens is 1. The molecule has 1 atom stereocenters. The largest absolute Gasteiger partial charge is 0.467 e. The Bertz CT molecular complexity index is 916. The summed E-state index contributed by atoms with van der Waals surface area (Å²) in [7, 11) is 0. The Hall–Kier alpha value is -3.23. The minimum Gasteiger partial charge on any atom is -0.467 e. The third-order valence-electron chi connectivity index (χ3n) is 4.25. The first-order valence-electron chi connectivity index (χ1n) is 7.97. The molecule has 0 bridgehead atoms. The lowest BCUT2D eigenvalue weighted by atomic mass is 10.1. The number of aromatic amines is 1. The predicted molar refractivity (Wildman–Crippen MR) is 85.7 cm³/mol. The van der Waals surface area contributed by atoms with Crippen molar-refractivity contribution in [3.05, 3.63) is 64.7 Å². The van der Waals surface area contributed by atoms with Crippen molar-refractivity contribution < 1.29 is 9.21 Å². The van der Waals surface area contributed by atoms with E-state index in [2.05, 4.69) is 20.1 Å². The summed E-state index contributed by atoms with van der Waals surface area (Å²) in [5.74, 6) is 0.814. The van der Waals surface area contributed by atoms with Crippen LogP contribution in [0.25, 0.3) is 0 Å². The number of rotatable bonds is 4. The molecule has 1 aliphatic heterocycles. The number of carbonyl (C=O) groups excluding carboxylic acids is 1. The molecule has 1 amide bonds. The highest BCUT2D eigenvalue weighted by Crippen LogP contribution is 2.32. The van der Waals surface area contributed by atoms with Crippen LogP contribution in [0, 0.1) is 0 Å². The number of amides is 1. The van der Waals surface area contributed by atoms with Gasteiger partial charge in [-0.05, 0) is 25.0 Å². The van der Waals surface area contributed by atoms with Crippen LogP contribution in [0.2, 0.25) is 0 Å². The van der Waals surface area contributed by atoms with E-state index >= 15 is 0 Å². The molecule has 0 saturated carbocycles. The zero-order valence-electron chi connectivity index (χ0n) is 13.3. The lowest BCUT2D eigenvalue weighted by Gasteiger charge is -2.22. The van der Waals surface area contributed by atoms with Crippen LogP contribution in [0.15, 0.2) is 46.5 Å². The topological polar surface area (TPSA) is 110 Å². The molecule has 0 aliphatic carbocycles. The maximum atomic E-state index is 12.8. The first-order valence-corrected chi connectivity index (χ1v) is 7.97. The van der Waals surface area contributed by atoms with Crippen molar-refractivity contribution in [1.82, 2.24) is 29.6 Å². The summed E-state index contributed by atoms with van der Waals surface area (Å²) >= 11 is 0. The lowest BCUT2D eigenvalue weighted by Crippen LogP contribution is -2.35. The van der Waals surface area contributed by atoms with Crippen molar-refractivity contribution in [3.8, 4) is 0 Å². The Kier molecular flexibility index (Phi) is 3.88. The number of nitrogens with zero attached hydrogens (tertiary/aromatic N) is 5. The van der Waals surface area contributed by atoms with Crippen molar-refractivity contribution in [1.29, 1.82) is 0 Å². The molecule has 128 valence electrons. The number of carbonyl (C=O) groups is 1. The van der Waals surface area contributed by atoms with Gasteiger partial charge in [0.15, 0.2) is 0 Å². The Morgan fingerprint density at radius 1 is 1.44 bits per heavy atom. The summed E-state index contributed by atoms with van der Waals surface area (Å²) in [5.41, 5.74) is -0.430. The average molecular weight is 340 g/mol. The van der Waals surface area contributed by atoms with Crippen LogP contribution in [0.1, 0.15) is 40.8 Å². The minimum absolute atomic E-state index is 0.0285. The van der Waals surface area contributed by atoms with Gasteiger partial charge in [-0.3, -0.25) is 9.59 Å². The van der Waals surface area contributed by atoms with E-state index in [4.69, 9.17) is 4.42 Å². The Morgan fingerprint density at radius 3 is 3.08 bits per heavy atom. The third-order valence-corrected chi connectivity index (χ3v) is 4.25. The van der Waals surface area contributed by atoms with E-state index in [1.165, 1.54) is 23.5 Å². The van der Waals surface area contributed by atoms with Crippen molar-refractivity contribution in [2.45, 2.75) is 25.4 Å². The van der Waals surface area contributed by atoms with Gasteiger partial charge in [-0.2, -0.15) is 5.10 Å². The monoisotopic (exact) mass is 340 g/mol.